The van der Waals surface area contributed by atoms with Crippen LogP contribution in [0, 0.1) is 0 Å². The molecule has 1 unspecified atom stereocenters. The average molecular weight is 461 g/mol. The van der Waals surface area contributed by atoms with E-state index in [9.17, 15) is 4.79 Å². The van der Waals surface area contributed by atoms with E-state index >= 15 is 0 Å². The summed E-state index contributed by atoms with van der Waals surface area (Å²) in [6.45, 7) is 6.96. The second-order valence-corrected chi connectivity index (χ2v) is 9.89. The lowest BCUT2D eigenvalue weighted by Crippen LogP contribution is -2.46. The van der Waals surface area contributed by atoms with Crippen LogP contribution in [0.4, 0.5) is 9.93 Å². The van der Waals surface area contributed by atoms with Gasteiger partial charge in [0, 0.05) is 37.5 Å². The summed E-state index contributed by atoms with van der Waals surface area (Å²) in [6, 6.07) is 9.34. The number of fused-ring (bicyclic) bond motifs is 1. The van der Waals surface area contributed by atoms with Crippen LogP contribution in [0.25, 0.3) is 10.2 Å². The number of carbonyl (C=O) groups is 1. The fourth-order valence-corrected chi connectivity index (χ4v) is 4.51. The molecule has 0 radical (unpaired) electrons. The van der Waals surface area contributed by atoms with E-state index in [0.717, 1.165) is 28.2 Å². The Morgan fingerprint density at radius 3 is 2.84 bits per heavy atom. The molecule has 1 aliphatic heterocycles. The fraction of sp³-hybridized carbons (Fsp3) is 0.409. The maximum atomic E-state index is 12.4. The van der Waals surface area contributed by atoms with Gasteiger partial charge in [0.25, 0.3) is 0 Å². The van der Waals surface area contributed by atoms with E-state index in [1.165, 1.54) is 0 Å². The Kier molecular flexibility index (Phi) is 6.20. The highest BCUT2D eigenvalue weighted by Crippen LogP contribution is 2.32. The molecule has 9 heteroatoms. The molecule has 1 saturated heterocycles. The molecule has 0 spiro atoms. The van der Waals surface area contributed by atoms with Crippen LogP contribution in [0.1, 0.15) is 33.6 Å². The first-order valence-corrected chi connectivity index (χ1v) is 11.4. The fourth-order valence-electron chi connectivity index (χ4n) is 3.38. The molecule has 7 nitrogen and oxygen atoms in total. The second kappa shape index (κ2) is 8.88. The molecular weight excluding hydrogens is 436 g/mol. The zero-order chi connectivity index (χ0) is 22.0. The number of likely N-dealkylation sites (tertiary alicyclic amines) is 1. The van der Waals surface area contributed by atoms with Crippen molar-refractivity contribution < 1.29 is 14.3 Å². The first kappa shape index (κ1) is 21.6. The highest BCUT2D eigenvalue weighted by atomic mass is 35.5. The minimum Gasteiger partial charge on any atom is -0.457 e. The van der Waals surface area contributed by atoms with Crippen molar-refractivity contribution in [3.05, 3.63) is 41.7 Å². The number of benzene rings is 1. The number of nitrogens with zero attached hydrogens (tertiary/aromatic N) is 3. The summed E-state index contributed by atoms with van der Waals surface area (Å²) in [5.74, 6) is 1.34. The summed E-state index contributed by atoms with van der Waals surface area (Å²) < 4.78 is 12.4. The van der Waals surface area contributed by atoms with Gasteiger partial charge in [-0.2, -0.15) is 0 Å². The summed E-state index contributed by atoms with van der Waals surface area (Å²) >= 11 is 7.49. The molecule has 2 aromatic heterocycles. The van der Waals surface area contributed by atoms with Crippen molar-refractivity contribution in [2.45, 2.75) is 45.3 Å². The molecular formula is C22H25ClN4O3S. The SMILES string of the molecule is CC(C)(C)OC(=O)N1CCCC(Nc2nc3ccc(Oc4ccnc(Cl)c4)cc3s2)C1. The monoisotopic (exact) mass is 460 g/mol. The van der Waals surface area contributed by atoms with Gasteiger partial charge in [-0.05, 0) is 51.8 Å². The van der Waals surface area contributed by atoms with E-state index in [0.29, 0.717) is 29.7 Å². The van der Waals surface area contributed by atoms with Crippen molar-refractivity contribution in [2.75, 3.05) is 18.4 Å². The number of ether oxygens (including phenoxy) is 2. The number of piperidine rings is 1. The molecule has 1 aliphatic rings. The molecule has 0 saturated carbocycles. The largest absolute Gasteiger partial charge is 0.457 e. The molecule has 1 atom stereocenters. The van der Waals surface area contributed by atoms with Gasteiger partial charge >= 0.3 is 6.09 Å². The number of rotatable bonds is 4. The van der Waals surface area contributed by atoms with Gasteiger partial charge in [-0.15, -0.1) is 0 Å². The molecule has 1 aromatic carbocycles. The Labute approximate surface area is 190 Å². The van der Waals surface area contributed by atoms with Crippen molar-refractivity contribution in [2.24, 2.45) is 0 Å². The Morgan fingerprint density at radius 2 is 2.06 bits per heavy atom. The topological polar surface area (TPSA) is 76.6 Å². The molecule has 31 heavy (non-hydrogen) atoms. The second-order valence-electron chi connectivity index (χ2n) is 8.47. The maximum absolute atomic E-state index is 12.4. The van der Waals surface area contributed by atoms with Gasteiger partial charge in [-0.25, -0.2) is 14.8 Å². The number of nitrogens with one attached hydrogen (secondary N) is 1. The predicted octanol–water partition coefficient (Wildman–Crippen LogP) is 5.95. The van der Waals surface area contributed by atoms with Gasteiger partial charge in [0.2, 0.25) is 0 Å². The van der Waals surface area contributed by atoms with Crippen LogP contribution in [0.3, 0.4) is 0 Å². The number of carbonyl (C=O) groups excluding carboxylic acids is 1. The van der Waals surface area contributed by atoms with Crippen LogP contribution in [0.2, 0.25) is 5.15 Å². The highest BCUT2D eigenvalue weighted by Gasteiger charge is 2.28. The van der Waals surface area contributed by atoms with Gasteiger partial charge in [-0.3, -0.25) is 0 Å². The molecule has 0 aliphatic carbocycles. The van der Waals surface area contributed by atoms with E-state index in [2.05, 4.69) is 15.3 Å². The molecule has 0 bridgehead atoms. The number of hydrogen-bond donors (Lipinski definition) is 1. The number of hydrogen-bond acceptors (Lipinski definition) is 7. The normalized spacial score (nSPS) is 16.9. The van der Waals surface area contributed by atoms with Crippen molar-refractivity contribution in [1.29, 1.82) is 0 Å². The zero-order valence-electron chi connectivity index (χ0n) is 17.7. The number of thiazole rings is 1. The number of aromatic nitrogens is 2. The molecule has 3 heterocycles. The van der Waals surface area contributed by atoms with Crippen molar-refractivity contribution in [3.8, 4) is 11.5 Å². The van der Waals surface area contributed by atoms with Crippen molar-refractivity contribution in [3.63, 3.8) is 0 Å². The third kappa shape index (κ3) is 5.77. The highest BCUT2D eigenvalue weighted by molar-refractivity contribution is 7.22. The van der Waals surface area contributed by atoms with Gasteiger partial charge in [0.1, 0.15) is 22.3 Å². The van der Waals surface area contributed by atoms with Crippen LogP contribution < -0.4 is 10.1 Å². The number of amides is 1. The lowest BCUT2D eigenvalue weighted by atomic mass is 10.1. The molecule has 4 rings (SSSR count). The number of anilines is 1. The molecule has 1 amide bonds. The van der Waals surface area contributed by atoms with Gasteiger partial charge in [0.05, 0.1) is 10.2 Å². The first-order chi connectivity index (χ1) is 14.7. The van der Waals surface area contributed by atoms with Crippen molar-refractivity contribution >= 4 is 44.4 Å². The number of pyridine rings is 1. The van der Waals surface area contributed by atoms with Crippen LogP contribution in [-0.2, 0) is 4.74 Å². The smallest absolute Gasteiger partial charge is 0.410 e. The lowest BCUT2D eigenvalue weighted by Gasteiger charge is -2.34. The van der Waals surface area contributed by atoms with E-state index in [1.54, 1.807) is 34.6 Å². The van der Waals surface area contributed by atoms with E-state index < -0.39 is 5.60 Å². The zero-order valence-corrected chi connectivity index (χ0v) is 19.3. The Balaban J connectivity index is 1.42. The van der Waals surface area contributed by atoms with Crippen LogP contribution in [0.5, 0.6) is 11.5 Å². The van der Waals surface area contributed by atoms with Gasteiger partial charge in [-0.1, -0.05) is 22.9 Å². The van der Waals surface area contributed by atoms with E-state index in [-0.39, 0.29) is 12.1 Å². The molecule has 1 fully saturated rings. The Bertz CT molecular complexity index is 1080. The average Bonchev–Trinajstić information content (AvgIpc) is 3.08. The molecule has 164 valence electrons. The standard InChI is InChI=1S/C22H25ClN4O3S/c1-22(2,3)30-21(28)27-10-4-5-14(13-27)25-20-26-17-7-6-15(11-18(17)31-20)29-16-8-9-24-19(23)12-16/h6-9,11-12,14H,4-5,10,13H2,1-3H3,(H,25,26). The maximum Gasteiger partial charge on any atom is 0.410 e. The number of halogens is 1. The predicted molar refractivity (Wildman–Crippen MR) is 123 cm³/mol. The summed E-state index contributed by atoms with van der Waals surface area (Å²) in [6.07, 6.45) is 3.25. The van der Waals surface area contributed by atoms with Crippen LogP contribution in [-0.4, -0.2) is 45.7 Å². The summed E-state index contributed by atoms with van der Waals surface area (Å²) in [5, 5.41) is 4.70. The quantitative estimate of drug-likeness (QED) is 0.485. The third-order valence-corrected chi connectivity index (χ3v) is 5.85. The first-order valence-electron chi connectivity index (χ1n) is 10.2. The third-order valence-electron chi connectivity index (χ3n) is 4.69. The van der Waals surface area contributed by atoms with Crippen LogP contribution >= 0.6 is 22.9 Å². The Hall–Kier alpha value is -2.58. The minimum absolute atomic E-state index is 0.136. The summed E-state index contributed by atoms with van der Waals surface area (Å²) in [4.78, 5) is 22.8. The summed E-state index contributed by atoms with van der Waals surface area (Å²) in [7, 11) is 0. The lowest BCUT2D eigenvalue weighted by molar-refractivity contribution is 0.0206. The van der Waals surface area contributed by atoms with E-state index in [4.69, 9.17) is 21.1 Å². The molecule has 1 N–H and O–H groups in total. The molecule has 3 aromatic rings. The van der Waals surface area contributed by atoms with E-state index in [1.807, 2.05) is 39.0 Å². The minimum atomic E-state index is -0.494. The van der Waals surface area contributed by atoms with Crippen LogP contribution in [0.15, 0.2) is 36.5 Å². The Morgan fingerprint density at radius 1 is 1.26 bits per heavy atom. The van der Waals surface area contributed by atoms with Gasteiger partial charge in [0.15, 0.2) is 5.13 Å². The van der Waals surface area contributed by atoms with Gasteiger partial charge < -0.3 is 19.7 Å². The summed E-state index contributed by atoms with van der Waals surface area (Å²) in [5.41, 5.74) is 0.402. The van der Waals surface area contributed by atoms with Crippen molar-refractivity contribution in [1.82, 2.24) is 14.9 Å².